The van der Waals surface area contributed by atoms with Gasteiger partial charge in [0.1, 0.15) is 18.2 Å². The van der Waals surface area contributed by atoms with Crippen molar-refractivity contribution in [2.45, 2.75) is 59.2 Å². The van der Waals surface area contributed by atoms with Crippen LogP contribution in [0, 0.1) is 5.41 Å². The molecule has 0 radical (unpaired) electrons. The summed E-state index contributed by atoms with van der Waals surface area (Å²) in [5, 5.41) is 4.11. The number of hydrogen-bond donors (Lipinski definition) is 1. The Labute approximate surface area is 186 Å². The molecule has 160 valence electrons. The lowest BCUT2D eigenvalue weighted by atomic mass is 9.87. The number of nitrogens with one attached hydrogen (secondary N) is 1. The molecular formula is C25H33N3OS. The molecule has 0 amide bonds. The van der Waals surface area contributed by atoms with Crippen LogP contribution in [-0.2, 0) is 0 Å². The summed E-state index contributed by atoms with van der Waals surface area (Å²) < 4.78 is 6.06. The van der Waals surface area contributed by atoms with Crippen LogP contribution in [0.4, 0.5) is 0 Å². The number of hydrogen-bond acceptors (Lipinski definition) is 3. The smallest absolute Gasteiger partial charge is 0.175 e. The second kappa shape index (κ2) is 8.76. The van der Waals surface area contributed by atoms with Crippen LogP contribution >= 0.6 is 12.2 Å². The maximum atomic E-state index is 6.06. The van der Waals surface area contributed by atoms with E-state index in [1.54, 1.807) is 0 Å². The van der Waals surface area contributed by atoms with Crippen LogP contribution < -0.4 is 10.1 Å². The van der Waals surface area contributed by atoms with Gasteiger partial charge in [-0.1, -0.05) is 69.3 Å². The standard InChI is InChI=1S/C25H33N3OS/c1-18(19-13-9-7-10-14-19)28-23(30)27-22(25(28,5)6)26-21(24(2,3)4)17-29-20-15-11-8-12-16-20/h7-16,18,21H,17H2,1-6H3,(H,26,27,30). The molecule has 0 spiro atoms. The molecule has 2 aromatic rings. The average Bonchev–Trinajstić information content (AvgIpc) is 2.93. The number of amidine groups is 1. The molecule has 0 saturated carbocycles. The van der Waals surface area contributed by atoms with Crippen molar-refractivity contribution < 1.29 is 4.74 Å². The molecule has 5 heteroatoms. The Bertz CT molecular complexity index is 888. The number of para-hydroxylation sites is 1. The first-order chi connectivity index (χ1) is 14.1. The van der Waals surface area contributed by atoms with Gasteiger partial charge in [0.05, 0.1) is 17.6 Å². The van der Waals surface area contributed by atoms with Gasteiger partial charge in [-0.25, -0.2) is 0 Å². The highest BCUT2D eigenvalue weighted by Gasteiger charge is 2.45. The first-order valence-electron chi connectivity index (χ1n) is 10.5. The van der Waals surface area contributed by atoms with E-state index in [2.05, 4.69) is 76.0 Å². The molecule has 1 fully saturated rings. The molecule has 0 aliphatic carbocycles. The van der Waals surface area contributed by atoms with Gasteiger partial charge < -0.3 is 15.0 Å². The molecule has 0 aromatic heterocycles. The average molecular weight is 424 g/mol. The molecule has 30 heavy (non-hydrogen) atoms. The molecule has 1 N–H and O–H groups in total. The van der Waals surface area contributed by atoms with Crippen molar-refractivity contribution in [1.29, 1.82) is 0 Å². The molecule has 2 unspecified atom stereocenters. The quantitative estimate of drug-likeness (QED) is 0.613. The number of rotatable bonds is 6. The maximum absolute atomic E-state index is 6.06. The zero-order valence-electron chi connectivity index (χ0n) is 18.8. The van der Waals surface area contributed by atoms with Gasteiger partial charge >= 0.3 is 0 Å². The van der Waals surface area contributed by atoms with Crippen LogP contribution in [0.3, 0.4) is 0 Å². The Morgan fingerprint density at radius 3 is 2.17 bits per heavy atom. The van der Waals surface area contributed by atoms with E-state index < -0.39 is 0 Å². The Morgan fingerprint density at radius 2 is 1.60 bits per heavy atom. The highest BCUT2D eigenvalue weighted by Crippen LogP contribution is 2.34. The molecule has 1 aliphatic rings. The molecule has 2 atom stereocenters. The summed E-state index contributed by atoms with van der Waals surface area (Å²) >= 11 is 5.73. The van der Waals surface area contributed by atoms with Crippen molar-refractivity contribution in [3.63, 3.8) is 0 Å². The lowest BCUT2D eigenvalue weighted by Gasteiger charge is -2.37. The summed E-state index contributed by atoms with van der Waals surface area (Å²) in [5.41, 5.74) is 0.832. The molecule has 0 bridgehead atoms. The van der Waals surface area contributed by atoms with Crippen LogP contribution in [0.2, 0.25) is 0 Å². The van der Waals surface area contributed by atoms with Crippen molar-refractivity contribution in [3.8, 4) is 5.75 Å². The largest absolute Gasteiger partial charge is 0.491 e. The minimum atomic E-state index is -0.345. The molecule has 1 heterocycles. The second-order valence-corrected chi connectivity index (χ2v) is 9.82. The highest BCUT2D eigenvalue weighted by molar-refractivity contribution is 7.80. The first-order valence-corrected chi connectivity index (χ1v) is 10.9. The SMILES string of the molecule is CC(c1ccccc1)N1C(=S)NC(=NC(COc2ccccc2)C(C)(C)C)C1(C)C. The van der Waals surface area contributed by atoms with Crippen molar-refractivity contribution >= 4 is 23.2 Å². The van der Waals surface area contributed by atoms with Gasteiger partial charge in [-0.3, -0.25) is 4.99 Å². The highest BCUT2D eigenvalue weighted by atomic mass is 32.1. The van der Waals surface area contributed by atoms with E-state index in [9.17, 15) is 0 Å². The predicted octanol–water partition coefficient (Wildman–Crippen LogP) is 5.61. The van der Waals surface area contributed by atoms with Crippen LogP contribution in [-0.4, -0.2) is 34.0 Å². The number of ether oxygens (including phenoxy) is 1. The van der Waals surface area contributed by atoms with Crippen molar-refractivity contribution in [2.75, 3.05) is 6.61 Å². The zero-order valence-corrected chi connectivity index (χ0v) is 19.7. The summed E-state index contributed by atoms with van der Waals surface area (Å²) in [4.78, 5) is 7.39. The fourth-order valence-electron chi connectivity index (χ4n) is 3.74. The van der Waals surface area contributed by atoms with Gasteiger partial charge in [0, 0.05) is 0 Å². The Hall–Kier alpha value is -2.40. The fourth-order valence-corrected chi connectivity index (χ4v) is 4.22. The monoisotopic (exact) mass is 423 g/mol. The summed E-state index contributed by atoms with van der Waals surface area (Å²) in [6, 6.07) is 20.5. The second-order valence-electron chi connectivity index (χ2n) is 9.43. The van der Waals surface area contributed by atoms with E-state index in [0.717, 1.165) is 11.6 Å². The number of thiocarbonyl (C=S) groups is 1. The minimum Gasteiger partial charge on any atom is -0.491 e. The van der Waals surface area contributed by atoms with Crippen LogP contribution in [0.5, 0.6) is 5.75 Å². The number of aliphatic imine (C=N–C) groups is 1. The lowest BCUT2D eigenvalue weighted by Crippen LogP contribution is -2.46. The Balaban J connectivity index is 1.85. The van der Waals surface area contributed by atoms with E-state index in [4.69, 9.17) is 21.9 Å². The molecule has 1 aliphatic heterocycles. The molecular weight excluding hydrogens is 390 g/mol. The lowest BCUT2D eigenvalue weighted by molar-refractivity contribution is 0.203. The van der Waals surface area contributed by atoms with Gasteiger partial charge in [0.2, 0.25) is 0 Å². The minimum absolute atomic E-state index is 0.0192. The zero-order chi connectivity index (χ0) is 21.9. The number of benzene rings is 2. The van der Waals surface area contributed by atoms with Crippen LogP contribution in [0.15, 0.2) is 65.7 Å². The summed E-state index contributed by atoms with van der Waals surface area (Å²) in [7, 11) is 0. The summed E-state index contributed by atoms with van der Waals surface area (Å²) in [6.45, 7) is 13.6. The van der Waals surface area contributed by atoms with E-state index in [-0.39, 0.29) is 23.0 Å². The normalized spacial score (nSPS) is 19.5. The third-order valence-corrected chi connectivity index (χ3v) is 6.03. The Morgan fingerprint density at radius 1 is 1.03 bits per heavy atom. The molecule has 3 rings (SSSR count). The van der Waals surface area contributed by atoms with Gasteiger partial charge in [0.25, 0.3) is 0 Å². The third-order valence-electron chi connectivity index (χ3n) is 5.73. The van der Waals surface area contributed by atoms with Crippen molar-refractivity contribution in [3.05, 3.63) is 66.2 Å². The summed E-state index contributed by atoms with van der Waals surface area (Å²) in [5.74, 6) is 1.76. The van der Waals surface area contributed by atoms with Gasteiger partial charge in [-0.05, 0) is 56.1 Å². The van der Waals surface area contributed by atoms with Crippen LogP contribution in [0.1, 0.15) is 53.1 Å². The fraction of sp³-hybridized carbons (Fsp3) is 0.440. The Kier molecular flexibility index (Phi) is 6.51. The molecule has 2 aromatic carbocycles. The van der Waals surface area contributed by atoms with Gasteiger partial charge in [-0.2, -0.15) is 0 Å². The van der Waals surface area contributed by atoms with Crippen molar-refractivity contribution in [1.82, 2.24) is 10.2 Å². The summed E-state index contributed by atoms with van der Waals surface area (Å²) in [6.07, 6.45) is 0. The van der Waals surface area contributed by atoms with E-state index >= 15 is 0 Å². The van der Waals surface area contributed by atoms with E-state index in [1.807, 2.05) is 36.4 Å². The van der Waals surface area contributed by atoms with E-state index in [1.165, 1.54) is 5.56 Å². The molecule has 4 nitrogen and oxygen atoms in total. The van der Waals surface area contributed by atoms with Crippen LogP contribution in [0.25, 0.3) is 0 Å². The maximum Gasteiger partial charge on any atom is 0.175 e. The topological polar surface area (TPSA) is 36.9 Å². The van der Waals surface area contributed by atoms with Crippen molar-refractivity contribution in [2.24, 2.45) is 10.4 Å². The van der Waals surface area contributed by atoms with Gasteiger partial charge in [-0.15, -0.1) is 0 Å². The van der Waals surface area contributed by atoms with Gasteiger partial charge in [0.15, 0.2) is 5.11 Å². The predicted molar refractivity (Wildman–Crippen MR) is 129 cm³/mol. The van der Waals surface area contributed by atoms with E-state index in [0.29, 0.717) is 11.7 Å². The third kappa shape index (κ3) is 4.84. The molecule has 1 saturated heterocycles. The number of nitrogens with zero attached hydrogens (tertiary/aromatic N) is 2. The first kappa shape index (κ1) is 22.3.